The summed E-state index contributed by atoms with van der Waals surface area (Å²) < 4.78 is 5.71. The number of nitriles is 1. The fourth-order valence-electron chi connectivity index (χ4n) is 1.63. The van der Waals surface area contributed by atoms with Crippen molar-refractivity contribution in [3.63, 3.8) is 0 Å². The van der Waals surface area contributed by atoms with Gasteiger partial charge in [0.1, 0.15) is 28.3 Å². The predicted molar refractivity (Wildman–Crippen MR) is 77.4 cm³/mol. The summed E-state index contributed by atoms with van der Waals surface area (Å²) in [5.74, 6) is 0.420. The van der Waals surface area contributed by atoms with Crippen molar-refractivity contribution in [2.45, 2.75) is 0 Å². The van der Waals surface area contributed by atoms with Crippen molar-refractivity contribution in [2.24, 2.45) is 0 Å². The van der Waals surface area contributed by atoms with E-state index in [1.807, 2.05) is 6.07 Å². The Bertz CT molecular complexity index is 768. The summed E-state index contributed by atoms with van der Waals surface area (Å²) in [6, 6.07) is 10.6. The first-order valence-electron chi connectivity index (χ1n) is 5.67. The second kappa shape index (κ2) is 6.15. The summed E-state index contributed by atoms with van der Waals surface area (Å²) in [6.45, 7) is 0. The molecule has 0 saturated heterocycles. The van der Waals surface area contributed by atoms with E-state index in [4.69, 9.17) is 10.00 Å². The Balaban J connectivity index is 2.44. The number of nitro benzene ring substituents is 1. The maximum atomic E-state index is 10.9. The molecular weight excluding hydrogens is 340 g/mol. The first-order valence-corrected chi connectivity index (χ1v) is 6.46. The number of hydrogen-bond acceptors (Lipinski definition) is 5. The molecule has 0 unspecified atom stereocenters. The summed E-state index contributed by atoms with van der Waals surface area (Å²) in [4.78, 5) is 21.0. The van der Waals surface area contributed by atoms with E-state index in [0.717, 1.165) is 0 Å². The van der Waals surface area contributed by atoms with E-state index in [2.05, 4.69) is 15.9 Å². The van der Waals surface area contributed by atoms with Crippen molar-refractivity contribution < 1.29 is 14.5 Å². The number of carbonyl (C=O) groups excluding carboxylic acids is 1. The largest absolute Gasteiger partial charge is 0.455 e. The maximum Gasteiger partial charge on any atom is 0.287 e. The van der Waals surface area contributed by atoms with Crippen LogP contribution in [0.2, 0.25) is 0 Å². The van der Waals surface area contributed by atoms with Gasteiger partial charge in [0, 0.05) is 11.6 Å². The van der Waals surface area contributed by atoms with Crippen molar-refractivity contribution in [3.05, 3.63) is 62.1 Å². The molecule has 0 spiro atoms. The second-order valence-corrected chi connectivity index (χ2v) is 4.73. The van der Waals surface area contributed by atoms with E-state index >= 15 is 0 Å². The van der Waals surface area contributed by atoms with Crippen molar-refractivity contribution in [2.75, 3.05) is 0 Å². The second-order valence-electron chi connectivity index (χ2n) is 3.93. The fraction of sp³-hybridized carbons (Fsp3) is 0. The molecule has 2 rings (SSSR count). The lowest BCUT2D eigenvalue weighted by molar-refractivity contribution is -0.385. The number of ether oxygens (including phenoxy) is 1. The third-order valence-corrected chi connectivity index (χ3v) is 3.42. The first-order chi connectivity index (χ1) is 10.1. The summed E-state index contributed by atoms with van der Waals surface area (Å²) in [5, 5.41) is 19.9. The van der Waals surface area contributed by atoms with Crippen LogP contribution >= 0.6 is 15.9 Å². The molecule has 0 radical (unpaired) electrons. The third kappa shape index (κ3) is 3.07. The van der Waals surface area contributed by atoms with Crippen LogP contribution in [0.4, 0.5) is 5.69 Å². The Morgan fingerprint density at radius 1 is 1.29 bits per heavy atom. The highest BCUT2D eigenvalue weighted by Crippen LogP contribution is 2.37. The summed E-state index contributed by atoms with van der Waals surface area (Å²) in [7, 11) is 0. The molecule has 7 heteroatoms. The van der Waals surface area contributed by atoms with Crippen molar-refractivity contribution in [1.29, 1.82) is 5.26 Å². The standard InChI is InChI=1S/C14H7BrN2O4/c15-14-11(17(19)20)2-1-3-13(14)21-12-5-4-9(8-18)6-10(12)7-16/h1-6,8H. The highest BCUT2D eigenvalue weighted by molar-refractivity contribution is 9.10. The van der Waals surface area contributed by atoms with Crippen LogP contribution in [-0.4, -0.2) is 11.2 Å². The predicted octanol–water partition coefficient (Wildman–Crippen LogP) is 3.83. The zero-order valence-corrected chi connectivity index (χ0v) is 12.0. The van der Waals surface area contributed by atoms with Gasteiger partial charge in [-0.1, -0.05) is 6.07 Å². The number of nitrogens with zero attached hydrogens (tertiary/aromatic N) is 2. The van der Waals surface area contributed by atoms with E-state index in [1.165, 1.54) is 36.4 Å². The molecule has 0 N–H and O–H groups in total. The minimum atomic E-state index is -0.544. The van der Waals surface area contributed by atoms with Crippen LogP contribution in [0.3, 0.4) is 0 Å². The van der Waals surface area contributed by atoms with Gasteiger partial charge in [0.15, 0.2) is 0 Å². The lowest BCUT2D eigenvalue weighted by Gasteiger charge is -2.09. The average Bonchev–Trinajstić information content (AvgIpc) is 2.49. The molecule has 0 saturated carbocycles. The van der Waals surface area contributed by atoms with Gasteiger partial charge in [-0.3, -0.25) is 14.9 Å². The van der Waals surface area contributed by atoms with Gasteiger partial charge >= 0.3 is 0 Å². The molecule has 6 nitrogen and oxygen atoms in total. The zero-order valence-electron chi connectivity index (χ0n) is 10.4. The molecule has 0 aromatic heterocycles. The van der Waals surface area contributed by atoms with Crippen LogP contribution in [0.5, 0.6) is 11.5 Å². The quantitative estimate of drug-likeness (QED) is 0.476. The Morgan fingerprint density at radius 3 is 2.67 bits per heavy atom. The fourth-order valence-corrected chi connectivity index (χ4v) is 2.12. The Kier molecular flexibility index (Phi) is 4.30. The number of carbonyl (C=O) groups is 1. The molecule has 0 fully saturated rings. The summed E-state index contributed by atoms with van der Waals surface area (Å²) in [6.07, 6.45) is 0.619. The van der Waals surface area contributed by atoms with Gasteiger partial charge in [0.2, 0.25) is 0 Å². The molecule has 0 aliphatic heterocycles. The Hall–Kier alpha value is -2.72. The molecule has 0 aliphatic rings. The van der Waals surface area contributed by atoms with E-state index in [0.29, 0.717) is 11.8 Å². The molecule has 0 atom stereocenters. The molecule has 2 aromatic carbocycles. The Morgan fingerprint density at radius 2 is 2.05 bits per heavy atom. The van der Waals surface area contributed by atoms with Crippen LogP contribution in [-0.2, 0) is 0 Å². The summed E-state index contributed by atoms with van der Waals surface area (Å²) >= 11 is 3.11. The minimum Gasteiger partial charge on any atom is -0.455 e. The van der Waals surface area contributed by atoms with E-state index < -0.39 is 4.92 Å². The summed E-state index contributed by atoms with van der Waals surface area (Å²) in [5.41, 5.74) is 0.366. The van der Waals surface area contributed by atoms with Crippen molar-refractivity contribution in [1.82, 2.24) is 0 Å². The third-order valence-electron chi connectivity index (χ3n) is 2.62. The molecule has 2 aromatic rings. The average molecular weight is 347 g/mol. The topological polar surface area (TPSA) is 93.2 Å². The molecule has 104 valence electrons. The lowest BCUT2D eigenvalue weighted by atomic mass is 10.1. The highest BCUT2D eigenvalue weighted by atomic mass is 79.9. The Labute approximate surface area is 127 Å². The molecular formula is C14H7BrN2O4. The monoisotopic (exact) mass is 346 g/mol. The normalized spacial score (nSPS) is 9.71. The molecule has 0 aliphatic carbocycles. The van der Waals surface area contributed by atoms with Crippen molar-refractivity contribution in [3.8, 4) is 17.6 Å². The zero-order chi connectivity index (χ0) is 15.4. The van der Waals surface area contributed by atoms with Gasteiger partial charge < -0.3 is 4.74 Å². The van der Waals surface area contributed by atoms with Gasteiger partial charge in [-0.15, -0.1) is 0 Å². The van der Waals surface area contributed by atoms with Gasteiger partial charge in [-0.05, 0) is 40.2 Å². The van der Waals surface area contributed by atoms with E-state index in [9.17, 15) is 14.9 Å². The van der Waals surface area contributed by atoms with Crippen molar-refractivity contribution >= 4 is 27.9 Å². The molecule has 0 amide bonds. The number of hydrogen-bond donors (Lipinski definition) is 0. The smallest absolute Gasteiger partial charge is 0.287 e. The van der Waals surface area contributed by atoms with E-state index in [1.54, 1.807) is 0 Å². The van der Waals surface area contributed by atoms with E-state index in [-0.39, 0.29) is 27.2 Å². The number of benzene rings is 2. The van der Waals surface area contributed by atoms with Crippen LogP contribution in [0.1, 0.15) is 15.9 Å². The SMILES string of the molecule is N#Cc1cc(C=O)ccc1Oc1cccc([N+](=O)[O-])c1Br. The number of halogens is 1. The molecule has 0 heterocycles. The number of nitro groups is 1. The minimum absolute atomic E-state index is 0.143. The van der Waals surface area contributed by atoms with Gasteiger partial charge in [-0.25, -0.2) is 0 Å². The molecule has 21 heavy (non-hydrogen) atoms. The highest BCUT2D eigenvalue weighted by Gasteiger charge is 2.17. The van der Waals surface area contributed by atoms with Crippen LogP contribution in [0.15, 0.2) is 40.9 Å². The van der Waals surface area contributed by atoms with Crippen LogP contribution in [0.25, 0.3) is 0 Å². The first kappa shape index (κ1) is 14.7. The van der Waals surface area contributed by atoms with Gasteiger partial charge in [0.25, 0.3) is 5.69 Å². The number of rotatable bonds is 4. The van der Waals surface area contributed by atoms with Crippen LogP contribution < -0.4 is 4.74 Å². The van der Waals surface area contributed by atoms with Crippen LogP contribution in [0, 0.1) is 21.4 Å². The maximum absolute atomic E-state index is 10.9. The lowest BCUT2D eigenvalue weighted by Crippen LogP contribution is -1.94. The van der Waals surface area contributed by atoms with Gasteiger partial charge in [-0.2, -0.15) is 5.26 Å². The molecule has 0 bridgehead atoms. The van der Waals surface area contributed by atoms with Gasteiger partial charge in [0.05, 0.1) is 10.5 Å². The number of aldehydes is 1.